The Morgan fingerprint density at radius 1 is 1.00 bits per heavy atom. The van der Waals surface area contributed by atoms with Crippen LogP contribution >= 0.6 is 0 Å². The van der Waals surface area contributed by atoms with Crippen molar-refractivity contribution in [3.05, 3.63) is 57.9 Å². The Morgan fingerprint density at radius 3 is 2.58 bits per heavy atom. The number of likely N-dealkylation sites (N-methyl/N-ethyl adjacent to an activating group) is 1. The molecule has 0 N–H and O–H groups in total. The molecule has 5 rings (SSSR count). The molecule has 1 aliphatic rings. The first kappa shape index (κ1) is 19.7. The highest BCUT2D eigenvalue weighted by Crippen LogP contribution is 2.24. The zero-order chi connectivity index (χ0) is 21.9. The Hall–Kier alpha value is -3.26. The van der Waals surface area contributed by atoms with Crippen molar-refractivity contribution in [1.82, 2.24) is 28.9 Å². The van der Waals surface area contributed by atoms with Gasteiger partial charge < -0.3 is 9.80 Å². The van der Waals surface area contributed by atoms with Gasteiger partial charge in [-0.2, -0.15) is 5.10 Å². The summed E-state index contributed by atoms with van der Waals surface area (Å²) in [6, 6.07) is 6.11. The van der Waals surface area contributed by atoms with Crippen molar-refractivity contribution in [2.24, 2.45) is 0 Å². The maximum absolute atomic E-state index is 13.1. The van der Waals surface area contributed by atoms with Gasteiger partial charge >= 0.3 is 0 Å². The molecule has 0 radical (unpaired) electrons. The van der Waals surface area contributed by atoms with Crippen LogP contribution < -0.4 is 10.5 Å². The lowest BCUT2D eigenvalue weighted by Gasteiger charge is -2.39. The smallest absolute Gasteiger partial charge is 0.258 e. The van der Waals surface area contributed by atoms with Crippen molar-refractivity contribution in [2.45, 2.75) is 33.7 Å². The van der Waals surface area contributed by atoms with E-state index in [1.807, 2.05) is 39.2 Å². The third kappa shape index (κ3) is 3.37. The van der Waals surface area contributed by atoms with Gasteiger partial charge in [-0.1, -0.05) is 0 Å². The average Bonchev–Trinajstić information content (AvgIpc) is 3.15. The van der Waals surface area contributed by atoms with Gasteiger partial charge in [0.1, 0.15) is 11.3 Å². The number of nitrogens with zero attached hydrogens (tertiary/aromatic N) is 7. The van der Waals surface area contributed by atoms with Crippen LogP contribution in [0.2, 0.25) is 0 Å². The largest absolute Gasteiger partial charge is 0.367 e. The summed E-state index contributed by atoms with van der Waals surface area (Å²) in [5.74, 6) is 0. The minimum Gasteiger partial charge on any atom is -0.367 e. The number of fused-ring (bicyclic) bond motifs is 2. The van der Waals surface area contributed by atoms with E-state index in [0.29, 0.717) is 23.1 Å². The maximum atomic E-state index is 13.1. The van der Waals surface area contributed by atoms with Crippen molar-refractivity contribution in [3.8, 4) is 11.4 Å². The minimum absolute atomic E-state index is 0.102. The molecule has 1 atom stereocenters. The summed E-state index contributed by atoms with van der Waals surface area (Å²) in [6.07, 6.45) is 3.80. The van der Waals surface area contributed by atoms with E-state index >= 15 is 0 Å². The molecule has 0 aromatic carbocycles. The Morgan fingerprint density at radius 2 is 1.81 bits per heavy atom. The molecule has 0 saturated carbocycles. The number of pyridine rings is 1. The van der Waals surface area contributed by atoms with Gasteiger partial charge in [-0.3, -0.25) is 14.2 Å². The quantitative estimate of drug-likeness (QED) is 0.499. The van der Waals surface area contributed by atoms with E-state index in [4.69, 9.17) is 4.98 Å². The lowest BCUT2D eigenvalue weighted by Crippen LogP contribution is -2.50. The second kappa shape index (κ2) is 7.16. The standard InChI is InChI=1S/C23H27N7O/c1-14-8-18(28-7-6-27(5)16(3)12-28)13-29-22(31)10-19(25-23(14)29)20-9-21-17(4)24-15(2)11-30(21)26-20/h8-11,13,16H,6-7,12H2,1-5H3. The molecule has 31 heavy (non-hydrogen) atoms. The molecule has 8 heteroatoms. The summed E-state index contributed by atoms with van der Waals surface area (Å²) in [7, 11) is 2.15. The van der Waals surface area contributed by atoms with Crippen LogP contribution in [0.25, 0.3) is 22.6 Å². The average molecular weight is 418 g/mol. The predicted octanol–water partition coefficient (Wildman–Crippen LogP) is 2.47. The Balaban J connectivity index is 1.59. The molecular formula is C23H27N7O. The number of hydrogen-bond acceptors (Lipinski definition) is 6. The number of rotatable bonds is 2. The first-order valence-electron chi connectivity index (χ1n) is 10.6. The van der Waals surface area contributed by atoms with Gasteiger partial charge in [-0.05, 0) is 52.4 Å². The van der Waals surface area contributed by atoms with E-state index in [1.54, 1.807) is 15.0 Å². The van der Waals surface area contributed by atoms with Crippen LogP contribution in [0.5, 0.6) is 0 Å². The third-order valence-electron chi connectivity index (χ3n) is 6.28. The fraction of sp³-hybridized carbons (Fsp3) is 0.391. The molecule has 1 unspecified atom stereocenters. The number of hydrogen-bond donors (Lipinski definition) is 0. The summed E-state index contributed by atoms with van der Waals surface area (Å²) in [5.41, 5.74) is 6.56. The van der Waals surface area contributed by atoms with E-state index in [9.17, 15) is 4.79 Å². The zero-order valence-corrected chi connectivity index (χ0v) is 18.6. The molecule has 0 aliphatic carbocycles. The van der Waals surface area contributed by atoms with Crippen LogP contribution in [0.1, 0.15) is 23.9 Å². The summed E-state index contributed by atoms with van der Waals surface area (Å²) in [5, 5.41) is 4.64. The molecule has 4 aromatic heterocycles. The number of anilines is 1. The number of piperazine rings is 1. The Labute approximate surface area is 180 Å². The topological polar surface area (TPSA) is 71.0 Å². The van der Waals surface area contributed by atoms with E-state index < -0.39 is 0 Å². The molecule has 0 bridgehead atoms. The van der Waals surface area contributed by atoms with Gasteiger partial charge in [0, 0.05) is 37.9 Å². The highest BCUT2D eigenvalue weighted by Gasteiger charge is 2.22. The SMILES string of the molecule is Cc1cn2nc(-c3cc(=O)n4cc(N5CCN(C)C(C)C5)cc(C)c4n3)cc2c(C)n1. The molecule has 0 amide bonds. The maximum Gasteiger partial charge on any atom is 0.258 e. The number of aryl methyl sites for hydroxylation is 3. The molecule has 5 heterocycles. The third-order valence-corrected chi connectivity index (χ3v) is 6.28. The molecular weight excluding hydrogens is 390 g/mol. The van der Waals surface area contributed by atoms with Crippen LogP contribution in [0, 0.1) is 20.8 Å². The van der Waals surface area contributed by atoms with Crippen LogP contribution in [0.4, 0.5) is 5.69 Å². The van der Waals surface area contributed by atoms with E-state index in [-0.39, 0.29) is 5.56 Å². The molecule has 8 nitrogen and oxygen atoms in total. The Kier molecular flexibility index (Phi) is 4.55. The lowest BCUT2D eigenvalue weighted by atomic mass is 10.1. The first-order valence-corrected chi connectivity index (χ1v) is 10.6. The molecule has 160 valence electrons. The molecule has 4 aromatic rings. The normalized spacial score (nSPS) is 17.7. The molecule has 1 aliphatic heterocycles. The molecule has 1 saturated heterocycles. The molecule has 0 spiro atoms. The lowest BCUT2D eigenvalue weighted by molar-refractivity contribution is 0.234. The highest BCUT2D eigenvalue weighted by atomic mass is 16.1. The number of aromatic nitrogens is 5. The van der Waals surface area contributed by atoms with Crippen LogP contribution in [0.15, 0.2) is 35.4 Å². The Bertz CT molecular complexity index is 1370. The van der Waals surface area contributed by atoms with Crippen molar-refractivity contribution in [3.63, 3.8) is 0 Å². The van der Waals surface area contributed by atoms with Crippen LogP contribution in [-0.4, -0.2) is 61.6 Å². The zero-order valence-electron chi connectivity index (χ0n) is 18.6. The van der Waals surface area contributed by atoms with E-state index in [0.717, 1.165) is 47.8 Å². The van der Waals surface area contributed by atoms with Gasteiger partial charge in [0.2, 0.25) is 0 Å². The van der Waals surface area contributed by atoms with Gasteiger partial charge in [-0.15, -0.1) is 0 Å². The summed E-state index contributed by atoms with van der Waals surface area (Å²) in [6.45, 7) is 11.0. The molecule has 1 fully saturated rings. The van der Waals surface area contributed by atoms with E-state index in [1.165, 1.54) is 0 Å². The van der Waals surface area contributed by atoms with Crippen molar-refractivity contribution in [1.29, 1.82) is 0 Å². The summed E-state index contributed by atoms with van der Waals surface area (Å²) < 4.78 is 3.46. The van der Waals surface area contributed by atoms with Crippen molar-refractivity contribution < 1.29 is 0 Å². The fourth-order valence-corrected chi connectivity index (χ4v) is 4.35. The second-order valence-corrected chi connectivity index (χ2v) is 8.66. The summed E-state index contributed by atoms with van der Waals surface area (Å²) >= 11 is 0. The van der Waals surface area contributed by atoms with Gasteiger partial charge in [0.05, 0.1) is 34.5 Å². The highest BCUT2D eigenvalue weighted by molar-refractivity contribution is 5.67. The van der Waals surface area contributed by atoms with Crippen LogP contribution in [-0.2, 0) is 0 Å². The monoisotopic (exact) mass is 417 g/mol. The van der Waals surface area contributed by atoms with Crippen molar-refractivity contribution >= 4 is 16.9 Å². The second-order valence-electron chi connectivity index (χ2n) is 8.66. The van der Waals surface area contributed by atoms with Crippen molar-refractivity contribution in [2.75, 3.05) is 31.6 Å². The van der Waals surface area contributed by atoms with Crippen LogP contribution in [0.3, 0.4) is 0 Å². The minimum atomic E-state index is -0.102. The van der Waals surface area contributed by atoms with Gasteiger partial charge in [0.25, 0.3) is 5.56 Å². The van der Waals surface area contributed by atoms with Gasteiger partial charge in [-0.25, -0.2) is 9.50 Å². The summed E-state index contributed by atoms with van der Waals surface area (Å²) in [4.78, 5) is 27.1. The fourth-order valence-electron chi connectivity index (χ4n) is 4.35. The van der Waals surface area contributed by atoms with Gasteiger partial charge in [0.15, 0.2) is 0 Å². The predicted molar refractivity (Wildman–Crippen MR) is 122 cm³/mol. The van der Waals surface area contributed by atoms with E-state index in [2.05, 4.69) is 39.9 Å². The first-order chi connectivity index (χ1) is 14.8.